The van der Waals surface area contributed by atoms with Crippen molar-refractivity contribution in [3.05, 3.63) is 46.9 Å². The summed E-state index contributed by atoms with van der Waals surface area (Å²) in [7, 11) is -2.69. The van der Waals surface area contributed by atoms with Crippen molar-refractivity contribution in [2.45, 2.75) is 29.7 Å². The third-order valence-electron chi connectivity index (χ3n) is 5.48. The minimum absolute atomic E-state index is 0.0297. The number of nitrogens with one attached hydrogen (secondary N) is 1. The van der Waals surface area contributed by atoms with E-state index in [0.29, 0.717) is 11.5 Å². The number of aliphatic hydroxyl groups is 1. The zero-order valence-electron chi connectivity index (χ0n) is 15.7. The van der Waals surface area contributed by atoms with E-state index in [1.807, 2.05) is 30.3 Å². The predicted octanol–water partition coefficient (Wildman–Crippen LogP) is 1.39. The van der Waals surface area contributed by atoms with Crippen molar-refractivity contribution in [1.29, 1.82) is 0 Å². The minimum atomic E-state index is -2.69. The third kappa shape index (κ3) is 2.91. The first kappa shape index (κ1) is 19.2. The number of aliphatic hydroxyl groups excluding tert-OH is 1. The predicted molar refractivity (Wildman–Crippen MR) is 112 cm³/mol. The first-order chi connectivity index (χ1) is 15.0. The van der Waals surface area contributed by atoms with Gasteiger partial charge < -0.3 is 23.9 Å². The van der Waals surface area contributed by atoms with Gasteiger partial charge in [0.15, 0.2) is 22.5 Å². The Bertz CT molecular complexity index is 1400. The number of H-pyrrole nitrogens is 1. The molecule has 5 heterocycles. The quantitative estimate of drug-likeness (QED) is 0.301. The molecule has 2 aliphatic heterocycles. The molecule has 1 aromatic carbocycles. The molecule has 2 aliphatic rings. The number of ether oxygens (including phenoxy) is 1. The molecular weight excluding hydrogens is 445 g/mol. The number of imidazole rings is 2. The van der Waals surface area contributed by atoms with E-state index in [-0.39, 0.29) is 28.5 Å². The second kappa shape index (κ2) is 7.02. The van der Waals surface area contributed by atoms with Gasteiger partial charge >= 0.3 is 8.25 Å². The van der Waals surface area contributed by atoms with Gasteiger partial charge in [0, 0.05) is 6.20 Å². The number of benzene rings is 1. The van der Waals surface area contributed by atoms with Crippen LogP contribution in [0.5, 0.6) is 0 Å². The highest BCUT2D eigenvalue weighted by molar-refractivity contribution is 7.80. The van der Waals surface area contributed by atoms with Gasteiger partial charge in [-0.25, -0.2) is 9.38 Å². The third-order valence-corrected chi connectivity index (χ3v) is 6.66. The number of nitrogens with zero attached hydrogens (tertiary/aromatic N) is 4. The SMILES string of the molecule is O=c1c2nc(S)n([C@@H]3OC4CO[PH](=O)O[C@H]4C3O)c2nc2[nH]c(-c3ccccc3)cn12. The van der Waals surface area contributed by atoms with Crippen LogP contribution >= 0.6 is 20.9 Å². The van der Waals surface area contributed by atoms with Gasteiger partial charge in [-0.05, 0) is 5.56 Å². The van der Waals surface area contributed by atoms with Crippen molar-refractivity contribution in [2.75, 3.05) is 6.61 Å². The highest BCUT2D eigenvalue weighted by Gasteiger charge is 2.49. The molecular formula is C18H16N5O6PS. The van der Waals surface area contributed by atoms with Gasteiger partial charge in [-0.1, -0.05) is 30.3 Å². The zero-order chi connectivity index (χ0) is 21.3. The minimum Gasteiger partial charge on any atom is -0.386 e. The summed E-state index contributed by atoms with van der Waals surface area (Å²) in [5, 5.41) is 10.9. The van der Waals surface area contributed by atoms with Gasteiger partial charge in [0.05, 0.1) is 12.3 Å². The lowest BCUT2D eigenvalue weighted by Crippen LogP contribution is -2.37. The Hall–Kier alpha value is -2.47. The zero-order valence-corrected chi connectivity index (χ0v) is 17.6. The number of aromatic amines is 1. The van der Waals surface area contributed by atoms with Gasteiger partial charge in [-0.3, -0.25) is 13.9 Å². The molecule has 2 saturated heterocycles. The van der Waals surface area contributed by atoms with Crippen molar-refractivity contribution >= 4 is 37.8 Å². The van der Waals surface area contributed by atoms with Crippen LogP contribution in [-0.4, -0.2) is 53.9 Å². The monoisotopic (exact) mass is 461 g/mol. The van der Waals surface area contributed by atoms with Crippen molar-refractivity contribution in [3.8, 4) is 11.3 Å². The standard InChI is InChI=1S/C18H16N5O6PS/c24-12-13-10(7-27-30(26)29-13)28-16(12)23-14-11(20-18(23)31)15(25)22-6-9(19-17(22)21-14)8-4-2-1-3-5-8/h1-6,10,12-13,16,24,30H,7H2,(H,19,21)(H,20,31)/t10?,12?,13-,16-/m1/s1. The molecule has 2 fully saturated rings. The van der Waals surface area contributed by atoms with Crippen LogP contribution in [0.4, 0.5) is 0 Å². The van der Waals surface area contributed by atoms with Crippen molar-refractivity contribution in [3.63, 3.8) is 0 Å². The molecule has 160 valence electrons. The molecule has 0 spiro atoms. The number of fused-ring (bicyclic) bond motifs is 3. The maximum Gasteiger partial charge on any atom is 0.319 e. The summed E-state index contributed by atoms with van der Waals surface area (Å²) >= 11 is 4.37. The molecule has 2 N–H and O–H groups in total. The second-order valence-corrected chi connectivity index (χ2v) is 8.72. The van der Waals surface area contributed by atoms with Crippen LogP contribution in [0.15, 0.2) is 46.5 Å². The van der Waals surface area contributed by atoms with Crippen molar-refractivity contribution in [1.82, 2.24) is 23.9 Å². The van der Waals surface area contributed by atoms with Crippen LogP contribution < -0.4 is 5.56 Å². The molecule has 0 bridgehead atoms. The highest BCUT2D eigenvalue weighted by Crippen LogP contribution is 2.43. The molecule has 6 rings (SSSR count). The fourth-order valence-electron chi connectivity index (χ4n) is 4.02. The topological polar surface area (TPSA) is 133 Å². The van der Waals surface area contributed by atoms with E-state index in [1.165, 1.54) is 8.97 Å². The van der Waals surface area contributed by atoms with Crippen LogP contribution in [-0.2, 0) is 18.3 Å². The normalized spacial score (nSPS) is 28.4. The summed E-state index contributed by atoms with van der Waals surface area (Å²) in [5.41, 5.74) is 1.51. The molecule has 11 nitrogen and oxygen atoms in total. The van der Waals surface area contributed by atoms with E-state index >= 15 is 0 Å². The van der Waals surface area contributed by atoms with Crippen LogP contribution in [0.1, 0.15) is 6.23 Å². The Balaban J connectivity index is 1.50. The lowest BCUT2D eigenvalue weighted by atomic mass is 10.1. The average Bonchev–Trinajstić information content (AvgIpc) is 3.43. The van der Waals surface area contributed by atoms with Gasteiger partial charge in [0.2, 0.25) is 5.78 Å². The molecule has 4 aromatic rings. The van der Waals surface area contributed by atoms with Gasteiger partial charge in [-0.2, -0.15) is 4.98 Å². The largest absolute Gasteiger partial charge is 0.386 e. The molecule has 0 radical (unpaired) electrons. The number of aromatic nitrogens is 5. The van der Waals surface area contributed by atoms with Gasteiger partial charge in [0.1, 0.15) is 18.3 Å². The van der Waals surface area contributed by atoms with Crippen molar-refractivity contribution in [2.24, 2.45) is 0 Å². The Morgan fingerprint density at radius 3 is 2.87 bits per heavy atom. The fraction of sp³-hybridized carbons (Fsp3) is 0.278. The maximum absolute atomic E-state index is 13.1. The summed E-state index contributed by atoms with van der Waals surface area (Å²) in [5.74, 6) is 0.306. The highest BCUT2D eigenvalue weighted by atomic mass is 32.1. The average molecular weight is 461 g/mol. The summed E-state index contributed by atoms with van der Waals surface area (Å²) < 4.78 is 30.6. The van der Waals surface area contributed by atoms with E-state index in [0.717, 1.165) is 5.56 Å². The number of thiol groups is 1. The lowest BCUT2D eigenvalue weighted by molar-refractivity contribution is -0.0583. The van der Waals surface area contributed by atoms with Crippen LogP contribution in [0.2, 0.25) is 0 Å². The van der Waals surface area contributed by atoms with Crippen molar-refractivity contribution < 1.29 is 23.5 Å². The smallest absolute Gasteiger partial charge is 0.319 e. The van der Waals surface area contributed by atoms with Gasteiger partial charge in [-0.15, -0.1) is 12.6 Å². The first-order valence-corrected chi connectivity index (χ1v) is 11.1. The lowest BCUT2D eigenvalue weighted by Gasteiger charge is -2.24. The molecule has 13 heteroatoms. The molecule has 0 aliphatic carbocycles. The molecule has 3 aromatic heterocycles. The molecule has 0 amide bonds. The maximum atomic E-state index is 13.1. The molecule has 31 heavy (non-hydrogen) atoms. The molecule has 5 atom stereocenters. The van der Waals surface area contributed by atoms with Gasteiger partial charge in [0.25, 0.3) is 5.56 Å². The number of hydrogen-bond donors (Lipinski definition) is 3. The Morgan fingerprint density at radius 2 is 2.06 bits per heavy atom. The summed E-state index contributed by atoms with van der Waals surface area (Å²) in [6.07, 6.45) is -1.94. The molecule has 3 unspecified atom stereocenters. The fourth-order valence-corrected chi connectivity index (χ4v) is 5.21. The van der Waals surface area contributed by atoms with E-state index in [9.17, 15) is 14.5 Å². The summed E-state index contributed by atoms with van der Waals surface area (Å²) in [4.78, 5) is 25.0. The Labute approximate surface area is 180 Å². The Morgan fingerprint density at radius 1 is 1.26 bits per heavy atom. The number of rotatable bonds is 2. The number of hydrogen-bond acceptors (Lipinski definition) is 9. The summed E-state index contributed by atoms with van der Waals surface area (Å²) in [6.45, 7) is 0.0297. The summed E-state index contributed by atoms with van der Waals surface area (Å²) in [6, 6.07) is 9.53. The van der Waals surface area contributed by atoms with E-state index in [4.69, 9.17) is 13.8 Å². The Kier molecular flexibility index (Phi) is 4.36. The van der Waals surface area contributed by atoms with Crippen LogP contribution in [0, 0.1) is 0 Å². The van der Waals surface area contributed by atoms with Crippen LogP contribution in [0.25, 0.3) is 28.2 Å². The van der Waals surface area contributed by atoms with E-state index in [2.05, 4.69) is 27.6 Å². The van der Waals surface area contributed by atoms with Crippen LogP contribution in [0.3, 0.4) is 0 Å². The second-order valence-electron chi connectivity index (χ2n) is 7.30. The molecule has 0 saturated carbocycles. The first-order valence-electron chi connectivity index (χ1n) is 9.46. The van der Waals surface area contributed by atoms with E-state index < -0.39 is 32.8 Å². The van der Waals surface area contributed by atoms with E-state index in [1.54, 1.807) is 6.20 Å².